The molecule has 5 heteroatoms. The molecule has 1 aliphatic rings. The fourth-order valence-electron chi connectivity index (χ4n) is 2.01. The Bertz CT molecular complexity index is 410. The summed E-state index contributed by atoms with van der Waals surface area (Å²) in [6.45, 7) is 3.02. The van der Waals surface area contributed by atoms with Gasteiger partial charge in [-0.25, -0.2) is 0 Å². The lowest BCUT2D eigenvalue weighted by atomic mass is 9.93. The number of hydrogen-bond acceptors (Lipinski definition) is 3. The van der Waals surface area contributed by atoms with E-state index in [2.05, 4.69) is 11.4 Å². The minimum Gasteiger partial charge on any atom is -0.493 e. The molecule has 100 valence electrons. The highest BCUT2D eigenvalue weighted by molar-refractivity contribution is 5.85. The van der Waals surface area contributed by atoms with E-state index in [1.54, 1.807) is 6.92 Å². The van der Waals surface area contributed by atoms with Crippen LogP contribution >= 0.6 is 12.4 Å². The average molecular weight is 271 g/mol. The first kappa shape index (κ1) is 14.8. The molecule has 1 amide bonds. The molecule has 0 saturated heterocycles. The van der Waals surface area contributed by atoms with Gasteiger partial charge in [0.25, 0.3) is 0 Å². The molecule has 2 atom stereocenters. The molecule has 0 aromatic heterocycles. The number of rotatable bonds is 3. The number of fused-ring (bicyclic) bond motifs is 1. The number of nitrogens with one attached hydrogen (secondary N) is 1. The lowest BCUT2D eigenvalue weighted by Crippen LogP contribution is -2.40. The number of carbonyl (C=O) groups is 1. The molecule has 0 spiro atoms. The second-order valence-corrected chi connectivity index (χ2v) is 4.41. The smallest absolute Gasteiger partial charge is 0.236 e. The normalized spacial score (nSPS) is 18.9. The minimum atomic E-state index is -0.454. The first-order valence-corrected chi connectivity index (χ1v) is 5.93. The predicted molar refractivity (Wildman–Crippen MR) is 73.2 cm³/mol. The van der Waals surface area contributed by atoms with E-state index in [1.807, 2.05) is 18.2 Å². The topological polar surface area (TPSA) is 64.4 Å². The molecule has 1 aromatic carbocycles. The lowest BCUT2D eigenvalue weighted by molar-refractivity contribution is -0.122. The number of carbonyl (C=O) groups excluding carboxylic acids is 1. The maximum atomic E-state index is 11.4. The van der Waals surface area contributed by atoms with Crippen LogP contribution in [-0.4, -0.2) is 25.1 Å². The van der Waals surface area contributed by atoms with E-state index in [1.165, 1.54) is 5.56 Å². The highest BCUT2D eigenvalue weighted by Gasteiger charge is 2.21. The molecule has 4 nitrogen and oxygen atoms in total. The third-order valence-corrected chi connectivity index (χ3v) is 3.02. The van der Waals surface area contributed by atoms with E-state index >= 15 is 0 Å². The van der Waals surface area contributed by atoms with Crippen molar-refractivity contribution in [3.63, 3.8) is 0 Å². The van der Waals surface area contributed by atoms with Gasteiger partial charge in [-0.05, 0) is 25.0 Å². The Morgan fingerprint density at radius 1 is 1.56 bits per heavy atom. The molecule has 0 radical (unpaired) electrons. The molecule has 0 fully saturated rings. The van der Waals surface area contributed by atoms with Gasteiger partial charge in [-0.3, -0.25) is 4.79 Å². The monoisotopic (exact) mass is 270 g/mol. The van der Waals surface area contributed by atoms with Crippen LogP contribution in [0.25, 0.3) is 0 Å². The largest absolute Gasteiger partial charge is 0.493 e. The van der Waals surface area contributed by atoms with Crippen LogP contribution < -0.4 is 15.8 Å². The third kappa shape index (κ3) is 3.37. The van der Waals surface area contributed by atoms with Gasteiger partial charge < -0.3 is 15.8 Å². The van der Waals surface area contributed by atoms with Crippen LogP contribution in [0, 0.1) is 0 Å². The van der Waals surface area contributed by atoms with Gasteiger partial charge in [0.1, 0.15) is 5.75 Å². The summed E-state index contributed by atoms with van der Waals surface area (Å²) in [6.07, 6.45) is 0.927. The summed E-state index contributed by atoms with van der Waals surface area (Å²) in [5.41, 5.74) is 6.68. The van der Waals surface area contributed by atoms with Crippen LogP contribution in [0.3, 0.4) is 0 Å². The van der Waals surface area contributed by atoms with E-state index in [0.717, 1.165) is 12.2 Å². The van der Waals surface area contributed by atoms with Crippen molar-refractivity contribution in [3.8, 4) is 5.75 Å². The zero-order valence-electron chi connectivity index (χ0n) is 10.4. The highest BCUT2D eigenvalue weighted by atomic mass is 35.5. The van der Waals surface area contributed by atoms with E-state index in [0.29, 0.717) is 19.1 Å². The molecule has 2 rings (SSSR count). The Morgan fingerprint density at radius 3 is 3.00 bits per heavy atom. The Balaban J connectivity index is 0.00000162. The molecular formula is C13H19ClN2O2. The van der Waals surface area contributed by atoms with Crippen molar-refractivity contribution >= 4 is 18.3 Å². The van der Waals surface area contributed by atoms with Crippen molar-refractivity contribution in [2.24, 2.45) is 5.73 Å². The highest BCUT2D eigenvalue weighted by Crippen LogP contribution is 2.32. The van der Waals surface area contributed by atoms with E-state index in [-0.39, 0.29) is 18.3 Å². The Labute approximate surface area is 113 Å². The summed E-state index contributed by atoms with van der Waals surface area (Å²) in [4.78, 5) is 11.4. The fraction of sp³-hybridized carbons (Fsp3) is 0.462. The number of amides is 1. The molecule has 1 aromatic rings. The van der Waals surface area contributed by atoms with Crippen molar-refractivity contribution in [2.75, 3.05) is 13.2 Å². The molecule has 1 unspecified atom stereocenters. The Hall–Kier alpha value is -1.26. The van der Waals surface area contributed by atoms with Crippen molar-refractivity contribution < 1.29 is 9.53 Å². The zero-order valence-corrected chi connectivity index (χ0v) is 11.2. The van der Waals surface area contributed by atoms with E-state index in [4.69, 9.17) is 10.5 Å². The van der Waals surface area contributed by atoms with Crippen molar-refractivity contribution in [1.82, 2.24) is 5.32 Å². The second-order valence-electron chi connectivity index (χ2n) is 4.41. The summed E-state index contributed by atoms with van der Waals surface area (Å²) in [6, 6.07) is 7.52. The summed E-state index contributed by atoms with van der Waals surface area (Å²) < 4.78 is 5.57. The van der Waals surface area contributed by atoms with Gasteiger partial charge >= 0.3 is 0 Å². The predicted octanol–water partition coefficient (Wildman–Crippen LogP) is 1.44. The van der Waals surface area contributed by atoms with E-state index < -0.39 is 6.04 Å². The Kier molecular flexibility index (Phi) is 5.44. The molecule has 0 aliphatic carbocycles. The van der Waals surface area contributed by atoms with Crippen molar-refractivity contribution in [1.29, 1.82) is 0 Å². The first-order valence-electron chi connectivity index (χ1n) is 5.93. The number of para-hydroxylation sites is 1. The maximum absolute atomic E-state index is 11.4. The average Bonchev–Trinajstić information content (AvgIpc) is 2.35. The van der Waals surface area contributed by atoms with Gasteiger partial charge in [-0.15, -0.1) is 12.4 Å². The van der Waals surface area contributed by atoms with Gasteiger partial charge in [0.05, 0.1) is 12.6 Å². The van der Waals surface area contributed by atoms with Crippen LogP contribution in [0.2, 0.25) is 0 Å². The summed E-state index contributed by atoms with van der Waals surface area (Å²) in [5, 5.41) is 2.87. The fourth-order valence-corrected chi connectivity index (χ4v) is 2.01. The van der Waals surface area contributed by atoms with Crippen LogP contribution in [0.15, 0.2) is 24.3 Å². The summed E-state index contributed by atoms with van der Waals surface area (Å²) >= 11 is 0. The number of ether oxygens (including phenoxy) is 1. The van der Waals surface area contributed by atoms with Gasteiger partial charge in [0.15, 0.2) is 0 Å². The van der Waals surface area contributed by atoms with Gasteiger partial charge in [-0.1, -0.05) is 18.2 Å². The third-order valence-electron chi connectivity index (χ3n) is 3.02. The zero-order chi connectivity index (χ0) is 12.3. The minimum absolute atomic E-state index is 0. The van der Waals surface area contributed by atoms with Gasteiger partial charge in [-0.2, -0.15) is 0 Å². The SMILES string of the molecule is C[C@H](N)C(=O)NCC1CCOc2ccccc21.Cl. The summed E-state index contributed by atoms with van der Waals surface area (Å²) in [7, 11) is 0. The lowest BCUT2D eigenvalue weighted by Gasteiger charge is -2.26. The second kappa shape index (κ2) is 6.61. The van der Waals surface area contributed by atoms with Crippen molar-refractivity contribution in [3.05, 3.63) is 29.8 Å². The molecule has 0 saturated carbocycles. The van der Waals surface area contributed by atoms with E-state index in [9.17, 15) is 4.79 Å². The van der Waals surface area contributed by atoms with Crippen LogP contribution in [-0.2, 0) is 4.79 Å². The quantitative estimate of drug-likeness (QED) is 0.874. The summed E-state index contributed by atoms with van der Waals surface area (Å²) in [5.74, 6) is 1.15. The number of hydrogen-bond donors (Lipinski definition) is 2. The van der Waals surface area contributed by atoms with Gasteiger partial charge in [0, 0.05) is 12.5 Å². The molecular weight excluding hydrogens is 252 g/mol. The number of halogens is 1. The molecule has 18 heavy (non-hydrogen) atoms. The first-order chi connectivity index (χ1) is 8.18. The standard InChI is InChI=1S/C13H18N2O2.ClH/c1-9(14)13(16)15-8-10-6-7-17-12-5-3-2-4-11(10)12;/h2-5,9-10H,6-8,14H2,1H3,(H,15,16);1H/t9-,10?;/m0./s1. The number of nitrogens with two attached hydrogens (primary N) is 1. The van der Waals surface area contributed by atoms with Crippen LogP contribution in [0.1, 0.15) is 24.8 Å². The van der Waals surface area contributed by atoms with Crippen LogP contribution in [0.5, 0.6) is 5.75 Å². The molecule has 1 aliphatic heterocycles. The molecule has 0 bridgehead atoms. The molecule has 3 N–H and O–H groups in total. The maximum Gasteiger partial charge on any atom is 0.236 e. The van der Waals surface area contributed by atoms with Gasteiger partial charge in [0.2, 0.25) is 5.91 Å². The van der Waals surface area contributed by atoms with Crippen molar-refractivity contribution in [2.45, 2.75) is 25.3 Å². The number of benzene rings is 1. The Morgan fingerprint density at radius 2 is 2.28 bits per heavy atom. The molecule has 1 heterocycles. The van der Waals surface area contributed by atoms with Crippen LogP contribution in [0.4, 0.5) is 0 Å².